The maximum absolute atomic E-state index is 13.4. The van der Waals surface area contributed by atoms with Gasteiger partial charge in [0, 0.05) is 23.6 Å². The van der Waals surface area contributed by atoms with Crippen LogP contribution < -0.4 is 20.1 Å². The summed E-state index contributed by atoms with van der Waals surface area (Å²) < 4.78 is 33.5. The molecule has 13 heteroatoms. The molecule has 0 bridgehead atoms. The van der Waals surface area contributed by atoms with E-state index in [1.807, 2.05) is 27.7 Å². The maximum Gasteiger partial charge on any atom is 0.277 e. The molecule has 2 amide bonds. The van der Waals surface area contributed by atoms with Crippen LogP contribution in [-0.2, 0) is 15.4 Å². The molecule has 0 aliphatic heterocycles. The van der Waals surface area contributed by atoms with Crippen LogP contribution in [0.4, 0.5) is 17.1 Å². The second kappa shape index (κ2) is 11.4. The van der Waals surface area contributed by atoms with Gasteiger partial charge in [-0.1, -0.05) is 32.1 Å². The van der Waals surface area contributed by atoms with E-state index in [0.717, 1.165) is 17.4 Å². The van der Waals surface area contributed by atoms with Crippen molar-refractivity contribution in [2.45, 2.75) is 33.1 Å². The predicted octanol–water partition coefficient (Wildman–Crippen LogP) is 4.15. The van der Waals surface area contributed by atoms with Crippen LogP contribution in [0.1, 0.15) is 52.7 Å². The van der Waals surface area contributed by atoms with Crippen LogP contribution in [-0.4, -0.2) is 53.6 Å². The fourth-order valence-corrected chi connectivity index (χ4v) is 4.51. The Kier molecular flexibility index (Phi) is 8.10. The molecule has 0 radical (unpaired) electrons. The number of nitrogens with zero attached hydrogens (tertiary/aromatic N) is 4. The van der Waals surface area contributed by atoms with E-state index >= 15 is 0 Å². The highest BCUT2D eigenvalue weighted by Gasteiger charge is 2.23. The van der Waals surface area contributed by atoms with Crippen molar-refractivity contribution in [3.63, 3.8) is 0 Å². The van der Waals surface area contributed by atoms with Crippen LogP contribution in [0.3, 0.4) is 0 Å². The first-order valence-corrected chi connectivity index (χ1v) is 14.4. The van der Waals surface area contributed by atoms with E-state index in [0.29, 0.717) is 22.6 Å². The van der Waals surface area contributed by atoms with Gasteiger partial charge < -0.3 is 15.4 Å². The Morgan fingerprint density at radius 2 is 1.63 bits per heavy atom. The molecule has 41 heavy (non-hydrogen) atoms. The zero-order chi connectivity index (χ0) is 29.9. The summed E-state index contributed by atoms with van der Waals surface area (Å²) in [6.45, 7) is 7.76. The standard InChI is InChI=1S/C28H31N7O5S/c1-17-7-8-18(13-24(17)35-16-23(32-34-35)27(37)30-20-9-11-29-12-10-20)26(36)31-21-14-19(28(2,3)4)15-22(25(21)40-5)33-41(6,38)39/h7-16,33H,1-6H3,(H,31,36)(H,29,30,37). The van der Waals surface area contributed by atoms with E-state index < -0.39 is 21.8 Å². The first kappa shape index (κ1) is 29.2. The smallest absolute Gasteiger partial charge is 0.277 e. The number of methoxy groups -OCH3 is 1. The Hall–Kier alpha value is -4.78. The van der Waals surface area contributed by atoms with Crippen LogP contribution in [0.2, 0.25) is 0 Å². The summed E-state index contributed by atoms with van der Waals surface area (Å²) in [5, 5.41) is 13.6. The van der Waals surface area contributed by atoms with Crippen LogP contribution in [0.15, 0.2) is 61.1 Å². The summed E-state index contributed by atoms with van der Waals surface area (Å²) in [6, 6.07) is 11.8. The van der Waals surface area contributed by atoms with Crippen molar-refractivity contribution in [2.24, 2.45) is 0 Å². The molecule has 0 saturated carbocycles. The minimum atomic E-state index is -3.62. The molecular formula is C28H31N7O5S. The Bertz CT molecular complexity index is 1710. The second-order valence-electron chi connectivity index (χ2n) is 10.4. The number of benzene rings is 2. The third-order valence-electron chi connectivity index (χ3n) is 6.08. The molecule has 0 aliphatic rings. The number of nitrogens with one attached hydrogen (secondary N) is 3. The molecule has 0 spiro atoms. The lowest BCUT2D eigenvalue weighted by molar-refractivity contribution is 0.101. The highest BCUT2D eigenvalue weighted by molar-refractivity contribution is 7.92. The minimum absolute atomic E-state index is 0.0886. The molecule has 4 aromatic rings. The van der Waals surface area contributed by atoms with Crippen LogP contribution in [0, 0.1) is 6.92 Å². The molecule has 0 unspecified atom stereocenters. The number of rotatable bonds is 8. The minimum Gasteiger partial charge on any atom is -0.492 e. The molecule has 2 heterocycles. The van der Waals surface area contributed by atoms with Crippen molar-refractivity contribution >= 4 is 38.9 Å². The number of sulfonamides is 1. The first-order valence-electron chi connectivity index (χ1n) is 12.5. The summed E-state index contributed by atoms with van der Waals surface area (Å²) in [7, 11) is -2.23. The second-order valence-corrected chi connectivity index (χ2v) is 12.2. The number of carbonyl (C=O) groups is 2. The third-order valence-corrected chi connectivity index (χ3v) is 6.68. The first-order chi connectivity index (χ1) is 19.2. The Morgan fingerprint density at radius 3 is 2.27 bits per heavy atom. The van der Waals surface area contributed by atoms with E-state index in [1.54, 1.807) is 54.9 Å². The number of aryl methyl sites for hydroxylation is 1. The third kappa shape index (κ3) is 7.06. The molecule has 4 rings (SSSR count). The van der Waals surface area contributed by atoms with Gasteiger partial charge in [-0.25, -0.2) is 13.1 Å². The lowest BCUT2D eigenvalue weighted by atomic mass is 9.86. The largest absolute Gasteiger partial charge is 0.492 e. The van der Waals surface area contributed by atoms with Gasteiger partial charge in [-0.3, -0.25) is 19.3 Å². The molecule has 0 saturated heterocycles. The van der Waals surface area contributed by atoms with Gasteiger partial charge >= 0.3 is 0 Å². The van der Waals surface area contributed by atoms with Crippen molar-refractivity contribution in [1.29, 1.82) is 0 Å². The average Bonchev–Trinajstić information content (AvgIpc) is 3.38. The molecule has 12 nitrogen and oxygen atoms in total. The molecule has 2 aromatic carbocycles. The molecule has 214 valence electrons. The molecule has 3 N–H and O–H groups in total. The summed E-state index contributed by atoms with van der Waals surface area (Å²) in [5.41, 5.74) is 3.22. The van der Waals surface area contributed by atoms with Gasteiger partial charge in [0.15, 0.2) is 11.4 Å². The lowest BCUT2D eigenvalue weighted by Gasteiger charge is -2.24. The SMILES string of the molecule is COc1c(NC(=O)c2ccc(C)c(-n3cc(C(=O)Nc4ccncc4)nn3)c2)cc(C(C)(C)C)cc1NS(C)(=O)=O. The average molecular weight is 578 g/mol. The van der Waals surface area contributed by atoms with Crippen molar-refractivity contribution in [2.75, 3.05) is 28.7 Å². The number of aromatic nitrogens is 4. The quantitative estimate of drug-likeness (QED) is 0.282. The van der Waals surface area contributed by atoms with E-state index in [4.69, 9.17) is 4.74 Å². The number of anilines is 3. The number of ether oxygens (including phenoxy) is 1. The van der Waals surface area contributed by atoms with Crippen molar-refractivity contribution in [3.05, 3.63) is 83.4 Å². The van der Waals surface area contributed by atoms with E-state index in [1.165, 1.54) is 18.0 Å². The van der Waals surface area contributed by atoms with Crippen LogP contribution in [0.5, 0.6) is 5.75 Å². The Balaban J connectivity index is 1.64. The number of hydrogen-bond donors (Lipinski definition) is 3. The van der Waals surface area contributed by atoms with Crippen LogP contribution >= 0.6 is 0 Å². The topological polar surface area (TPSA) is 157 Å². The highest BCUT2D eigenvalue weighted by Crippen LogP contribution is 2.39. The van der Waals surface area contributed by atoms with Gasteiger partial charge in [-0.2, -0.15) is 0 Å². The molecule has 0 fully saturated rings. The molecule has 0 aliphatic carbocycles. The number of carbonyl (C=O) groups excluding carboxylic acids is 2. The zero-order valence-corrected chi connectivity index (χ0v) is 24.3. The lowest BCUT2D eigenvalue weighted by Crippen LogP contribution is -2.18. The van der Waals surface area contributed by atoms with Gasteiger partial charge in [0.1, 0.15) is 0 Å². The van der Waals surface area contributed by atoms with Gasteiger partial charge in [0.05, 0.1) is 36.6 Å². The van der Waals surface area contributed by atoms with E-state index in [-0.39, 0.29) is 22.5 Å². The monoisotopic (exact) mass is 577 g/mol. The summed E-state index contributed by atoms with van der Waals surface area (Å²) in [6.07, 6.45) is 5.63. The van der Waals surface area contributed by atoms with Gasteiger partial charge in [0.25, 0.3) is 11.8 Å². The number of hydrogen-bond acceptors (Lipinski definition) is 8. The molecular weight excluding hydrogens is 546 g/mol. The molecule has 2 aromatic heterocycles. The number of pyridine rings is 1. The van der Waals surface area contributed by atoms with Gasteiger partial charge in [-0.05, 0) is 59.9 Å². The van der Waals surface area contributed by atoms with Gasteiger partial charge in [-0.15, -0.1) is 5.10 Å². The predicted molar refractivity (Wildman–Crippen MR) is 156 cm³/mol. The van der Waals surface area contributed by atoms with Crippen molar-refractivity contribution in [1.82, 2.24) is 20.0 Å². The van der Waals surface area contributed by atoms with E-state index in [9.17, 15) is 18.0 Å². The van der Waals surface area contributed by atoms with Crippen LogP contribution in [0.25, 0.3) is 5.69 Å². The van der Waals surface area contributed by atoms with Crippen molar-refractivity contribution < 1.29 is 22.7 Å². The Labute approximate surface area is 238 Å². The summed E-state index contributed by atoms with van der Waals surface area (Å²) >= 11 is 0. The normalized spacial score (nSPS) is 11.6. The summed E-state index contributed by atoms with van der Waals surface area (Å²) in [5.74, 6) is -0.736. The molecule has 0 atom stereocenters. The highest BCUT2D eigenvalue weighted by atomic mass is 32.2. The fraction of sp³-hybridized carbons (Fsp3) is 0.250. The number of amides is 2. The Morgan fingerprint density at radius 1 is 0.951 bits per heavy atom. The van der Waals surface area contributed by atoms with Gasteiger partial charge in [0.2, 0.25) is 10.0 Å². The zero-order valence-electron chi connectivity index (χ0n) is 23.5. The summed E-state index contributed by atoms with van der Waals surface area (Å²) in [4.78, 5) is 30.0. The maximum atomic E-state index is 13.4. The van der Waals surface area contributed by atoms with Crippen molar-refractivity contribution in [3.8, 4) is 11.4 Å². The van der Waals surface area contributed by atoms with E-state index in [2.05, 4.69) is 30.7 Å². The fourth-order valence-electron chi connectivity index (χ4n) is 3.96.